The molecule has 1 aliphatic heterocycles. The van der Waals surface area contributed by atoms with Crippen molar-refractivity contribution in [3.05, 3.63) is 70.3 Å². The number of benzene rings is 2. The number of aromatic amines is 1. The van der Waals surface area contributed by atoms with Gasteiger partial charge in [-0.05, 0) is 35.7 Å². The van der Waals surface area contributed by atoms with Crippen LogP contribution in [0.5, 0.6) is 0 Å². The van der Waals surface area contributed by atoms with Gasteiger partial charge in [-0.1, -0.05) is 38.1 Å². The SMILES string of the molecule is CC(C)c1cccc(N2C[C@H](C(=O)N(C)Cc3nc4ccccc4c(=O)[nH]3)CC2=O)c1. The van der Waals surface area contributed by atoms with Crippen molar-refractivity contribution in [2.24, 2.45) is 5.92 Å². The molecule has 0 spiro atoms. The Morgan fingerprint density at radius 3 is 2.74 bits per heavy atom. The number of fused-ring (bicyclic) bond motifs is 1. The summed E-state index contributed by atoms with van der Waals surface area (Å²) in [6.07, 6.45) is 0.177. The van der Waals surface area contributed by atoms with Gasteiger partial charge in [-0.25, -0.2) is 4.98 Å². The first-order valence-electron chi connectivity index (χ1n) is 10.5. The Morgan fingerprint density at radius 1 is 1.19 bits per heavy atom. The molecule has 2 amide bonds. The van der Waals surface area contributed by atoms with E-state index in [0.29, 0.717) is 29.2 Å². The summed E-state index contributed by atoms with van der Waals surface area (Å²) < 4.78 is 0. The van der Waals surface area contributed by atoms with Gasteiger partial charge in [0, 0.05) is 25.7 Å². The molecule has 0 unspecified atom stereocenters. The van der Waals surface area contributed by atoms with Crippen LogP contribution in [0.4, 0.5) is 5.69 Å². The van der Waals surface area contributed by atoms with Gasteiger partial charge < -0.3 is 14.8 Å². The van der Waals surface area contributed by atoms with Crippen LogP contribution in [0, 0.1) is 5.92 Å². The maximum absolute atomic E-state index is 13.0. The number of carbonyl (C=O) groups is 2. The number of H-pyrrole nitrogens is 1. The fourth-order valence-electron chi connectivity index (χ4n) is 4.00. The molecule has 1 atom stereocenters. The minimum atomic E-state index is -0.424. The lowest BCUT2D eigenvalue weighted by molar-refractivity contribution is -0.135. The Hall–Kier alpha value is -3.48. The zero-order valence-corrected chi connectivity index (χ0v) is 18.0. The summed E-state index contributed by atoms with van der Waals surface area (Å²) in [4.78, 5) is 48.4. The summed E-state index contributed by atoms with van der Waals surface area (Å²) in [5.41, 5.74) is 2.35. The number of nitrogens with zero attached hydrogens (tertiary/aromatic N) is 3. The number of para-hydroxylation sites is 1. The van der Waals surface area contributed by atoms with Crippen molar-refractivity contribution in [3.8, 4) is 0 Å². The van der Waals surface area contributed by atoms with Gasteiger partial charge in [0.2, 0.25) is 11.8 Å². The highest BCUT2D eigenvalue weighted by Gasteiger charge is 2.36. The zero-order valence-electron chi connectivity index (χ0n) is 18.0. The highest BCUT2D eigenvalue weighted by Crippen LogP contribution is 2.28. The van der Waals surface area contributed by atoms with E-state index in [0.717, 1.165) is 11.3 Å². The maximum Gasteiger partial charge on any atom is 0.258 e. The van der Waals surface area contributed by atoms with Crippen molar-refractivity contribution >= 4 is 28.4 Å². The van der Waals surface area contributed by atoms with E-state index < -0.39 is 5.92 Å². The largest absolute Gasteiger partial charge is 0.338 e. The molecule has 0 radical (unpaired) electrons. The van der Waals surface area contributed by atoms with Crippen molar-refractivity contribution in [1.29, 1.82) is 0 Å². The fraction of sp³-hybridized carbons (Fsp3) is 0.333. The smallest absolute Gasteiger partial charge is 0.258 e. The number of anilines is 1. The molecule has 1 N–H and O–H groups in total. The zero-order chi connectivity index (χ0) is 22.1. The maximum atomic E-state index is 13.0. The molecule has 4 rings (SSSR count). The lowest BCUT2D eigenvalue weighted by Crippen LogP contribution is -2.35. The Labute approximate surface area is 180 Å². The fourth-order valence-corrected chi connectivity index (χ4v) is 4.00. The summed E-state index contributed by atoms with van der Waals surface area (Å²) in [5, 5.41) is 0.515. The number of amides is 2. The Kier molecular flexibility index (Phi) is 5.59. The summed E-state index contributed by atoms with van der Waals surface area (Å²) in [6, 6.07) is 15.0. The van der Waals surface area contributed by atoms with Gasteiger partial charge in [0.05, 0.1) is 23.4 Å². The monoisotopic (exact) mass is 418 g/mol. The van der Waals surface area contributed by atoms with Gasteiger partial charge >= 0.3 is 0 Å². The normalized spacial score (nSPS) is 16.3. The minimum Gasteiger partial charge on any atom is -0.338 e. The third-order valence-electron chi connectivity index (χ3n) is 5.75. The van der Waals surface area contributed by atoms with Crippen LogP contribution in [-0.2, 0) is 16.1 Å². The van der Waals surface area contributed by atoms with E-state index in [9.17, 15) is 14.4 Å². The number of carbonyl (C=O) groups excluding carboxylic acids is 2. The molecule has 7 nitrogen and oxygen atoms in total. The molecule has 1 fully saturated rings. The molecular formula is C24H26N4O3. The number of hydrogen-bond acceptors (Lipinski definition) is 4. The molecule has 1 aromatic heterocycles. The Morgan fingerprint density at radius 2 is 1.97 bits per heavy atom. The molecule has 160 valence electrons. The average molecular weight is 418 g/mol. The molecule has 3 aromatic rings. The van der Waals surface area contributed by atoms with Gasteiger partial charge in [0.25, 0.3) is 5.56 Å². The van der Waals surface area contributed by atoms with Gasteiger partial charge in [0.15, 0.2) is 0 Å². The summed E-state index contributed by atoms with van der Waals surface area (Å²) in [5.74, 6) is 0.173. The van der Waals surface area contributed by atoms with E-state index >= 15 is 0 Å². The van der Waals surface area contributed by atoms with E-state index in [2.05, 4.69) is 23.8 Å². The molecule has 0 saturated carbocycles. The van der Waals surface area contributed by atoms with Crippen LogP contribution in [0.25, 0.3) is 10.9 Å². The lowest BCUT2D eigenvalue weighted by atomic mass is 10.0. The van der Waals surface area contributed by atoms with Crippen molar-refractivity contribution in [2.45, 2.75) is 32.7 Å². The highest BCUT2D eigenvalue weighted by atomic mass is 16.2. The molecule has 2 aromatic carbocycles. The Bertz CT molecular complexity index is 1200. The van der Waals surface area contributed by atoms with Gasteiger partial charge in [0.1, 0.15) is 5.82 Å². The minimum absolute atomic E-state index is 0.0510. The molecular weight excluding hydrogens is 392 g/mol. The van der Waals surface area contributed by atoms with E-state index in [1.54, 1.807) is 30.1 Å². The predicted molar refractivity (Wildman–Crippen MR) is 120 cm³/mol. The van der Waals surface area contributed by atoms with Crippen LogP contribution in [0.2, 0.25) is 0 Å². The summed E-state index contributed by atoms with van der Waals surface area (Å²) >= 11 is 0. The third-order valence-corrected chi connectivity index (χ3v) is 5.75. The second kappa shape index (κ2) is 8.34. The van der Waals surface area contributed by atoms with Crippen molar-refractivity contribution in [3.63, 3.8) is 0 Å². The number of rotatable bonds is 5. The van der Waals surface area contributed by atoms with E-state index in [-0.39, 0.29) is 30.3 Å². The topological polar surface area (TPSA) is 86.4 Å². The molecule has 0 aliphatic carbocycles. The lowest BCUT2D eigenvalue weighted by Gasteiger charge is -2.21. The first kappa shape index (κ1) is 20.8. The predicted octanol–water partition coefficient (Wildman–Crippen LogP) is 3.06. The van der Waals surface area contributed by atoms with Crippen LogP contribution >= 0.6 is 0 Å². The van der Waals surface area contributed by atoms with Gasteiger partial charge in [-0.3, -0.25) is 14.4 Å². The third kappa shape index (κ3) is 4.21. The van der Waals surface area contributed by atoms with Crippen LogP contribution in [0.15, 0.2) is 53.3 Å². The van der Waals surface area contributed by atoms with Gasteiger partial charge in [-0.2, -0.15) is 0 Å². The number of aromatic nitrogens is 2. The summed E-state index contributed by atoms with van der Waals surface area (Å²) in [6.45, 7) is 4.74. The van der Waals surface area contributed by atoms with Crippen molar-refractivity contribution in [1.82, 2.24) is 14.9 Å². The quantitative estimate of drug-likeness (QED) is 0.690. The Balaban J connectivity index is 1.48. The van der Waals surface area contributed by atoms with Crippen LogP contribution in [0.3, 0.4) is 0 Å². The van der Waals surface area contributed by atoms with Crippen LogP contribution in [-0.4, -0.2) is 40.3 Å². The van der Waals surface area contributed by atoms with Gasteiger partial charge in [-0.15, -0.1) is 0 Å². The molecule has 31 heavy (non-hydrogen) atoms. The van der Waals surface area contributed by atoms with Crippen molar-refractivity contribution < 1.29 is 9.59 Å². The average Bonchev–Trinajstić information content (AvgIpc) is 3.15. The van der Waals surface area contributed by atoms with Crippen molar-refractivity contribution in [2.75, 3.05) is 18.5 Å². The molecule has 1 aliphatic rings. The second-order valence-electron chi connectivity index (χ2n) is 8.38. The van der Waals surface area contributed by atoms with Crippen LogP contribution < -0.4 is 10.5 Å². The molecule has 2 heterocycles. The molecule has 7 heteroatoms. The van der Waals surface area contributed by atoms with Crippen LogP contribution in [0.1, 0.15) is 37.6 Å². The first-order chi connectivity index (χ1) is 14.8. The highest BCUT2D eigenvalue weighted by molar-refractivity contribution is 6.00. The second-order valence-corrected chi connectivity index (χ2v) is 8.38. The standard InChI is InChI=1S/C24H26N4O3/c1-15(2)16-7-6-8-18(11-16)28-13-17(12-22(28)29)24(31)27(3)14-21-25-20-10-5-4-9-19(20)23(30)26-21/h4-11,15,17H,12-14H2,1-3H3,(H,25,26,30)/t17-/m1/s1. The van der Waals surface area contributed by atoms with E-state index in [4.69, 9.17) is 0 Å². The van der Waals surface area contributed by atoms with E-state index in [1.165, 1.54) is 4.90 Å². The first-order valence-corrected chi connectivity index (χ1v) is 10.5. The molecule has 1 saturated heterocycles. The number of nitrogens with one attached hydrogen (secondary N) is 1. The number of hydrogen-bond donors (Lipinski definition) is 1. The molecule has 0 bridgehead atoms. The van der Waals surface area contributed by atoms with E-state index in [1.807, 2.05) is 30.3 Å². The summed E-state index contributed by atoms with van der Waals surface area (Å²) in [7, 11) is 1.67.